The van der Waals surface area contributed by atoms with E-state index in [1.54, 1.807) is 29.6 Å². The van der Waals surface area contributed by atoms with Crippen molar-refractivity contribution in [1.82, 2.24) is 15.0 Å². The highest BCUT2D eigenvalue weighted by Gasteiger charge is 2.16. The van der Waals surface area contributed by atoms with Gasteiger partial charge in [0.15, 0.2) is 5.82 Å². The first-order chi connectivity index (χ1) is 16.3. The van der Waals surface area contributed by atoms with Gasteiger partial charge in [0.05, 0.1) is 29.6 Å². The molecule has 3 heterocycles. The predicted octanol–water partition coefficient (Wildman–Crippen LogP) is 4.23. The molecule has 0 saturated heterocycles. The van der Waals surface area contributed by atoms with Crippen molar-refractivity contribution in [2.45, 2.75) is 13.0 Å². The molecule has 0 aliphatic carbocycles. The SMILES string of the molecule is N#Cc1ccccc1-c1ccc(N(C=O)Cc2cccnc2)c(NCCc2ccccn2)n1. The van der Waals surface area contributed by atoms with Crippen LogP contribution in [0.4, 0.5) is 11.5 Å². The van der Waals surface area contributed by atoms with E-state index in [1.807, 2.05) is 60.7 Å². The van der Waals surface area contributed by atoms with Crippen molar-refractivity contribution >= 4 is 17.9 Å². The second-order valence-electron chi connectivity index (χ2n) is 7.31. The van der Waals surface area contributed by atoms with Crippen LogP contribution in [0.2, 0.25) is 0 Å². The number of nitriles is 1. The maximum Gasteiger partial charge on any atom is 0.214 e. The third-order valence-corrected chi connectivity index (χ3v) is 5.11. The van der Waals surface area contributed by atoms with Crippen LogP contribution in [-0.4, -0.2) is 27.9 Å². The van der Waals surface area contributed by atoms with Crippen molar-refractivity contribution < 1.29 is 4.79 Å². The minimum Gasteiger partial charge on any atom is -0.368 e. The zero-order valence-corrected chi connectivity index (χ0v) is 17.9. The average molecular weight is 435 g/mol. The van der Waals surface area contributed by atoms with E-state index >= 15 is 0 Å². The van der Waals surface area contributed by atoms with E-state index in [9.17, 15) is 10.1 Å². The van der Waals surface area contributed by atoms with Crippen LogP contribution >= 0.6 is 0 Å². The molecule has 33 heavy (non-hydrogen) atoms. The molecule has 0 aliphatic heterocycles. The molecule has 0 radical (unpaired) electrons. The van der Waals surface area contributed by atoms with Crippen molar-refractivity contribution in [2.75, 3.05) is 16.8 Å². The molecular formula is C26H22N6O. The molecule has 1 amide bonds. The first kappa shape index (κ1) is 21.7. The van der Waals surface area contributed by atoms with Gasteiger partial charge < -0.3 is 10.2 Å². The summed E-state index contributed by atoms with van der Waals surface area (Å²) in [5, 5.41) is 12.9. The first-order valence-corrected chi connectivity index (χ1v) is 10.5. The molecule has 162 valence electrons. The molecule has 0 aliphatic rings. The summed E-state index contributed by atoms with van der Waals surface area (Å²) in [5.74, 6) is 0.562. The highest BCUT2D eigenvalue weighted by atomic mass is 16.1. The Labute approximate surface area is 192 Å². The molecule has 1 N–H and O–H groups in total. The van der Waals surface area contributed by atoms with Crippen molar-refractivity contribution in [3.63, 3.8) is 0 Å². The maximum absolute atomic E-state index is 12.0. The topological polar surface area (TPSA) is 94.8 Å². The van der Waals surface area contributed by atoms with Gasteiger partial charge in [0, 0.05) is 42.8 Å². The third kappa shape index (κ3) is 5.38. The number of anilines is 2. The number of aromatic nitrogens is 3. The summed E-state index contributed by atoms with van der Waals surface area (Å²) in [6.45, 7) is 0.946. The fourth-order valence-electron chi connectivity index (χ4n) is 3.49. The number of nitrogens with one attached hydrogen (secondary N) is 1. The first-order valence-electron chi connectivity index (χ1n) is 10.5. The Bertz CT molecular complexity index is 1250. The van der Waals surface area contributed by atoms with Crippen LogP contribution in [-0.2, 0) is 17.8 Å². The summed E-state index contributed by atoms with van der Waals surface area (Å²) in [6, 6.07) is 22.8. The number of pyridine rings is 3. The van der Waals surface area contributed by atoms with Gasteiger partial charge in [-0.1, -0.05) is 30.3 Å². The van der Waals surface area contributed by atoms with E-state index in [-0.39, 0.29) is 0 Å². The van der Waals surface area contributed by atoms with Gasteiger partial charge in [0.2, 0.25) is 6.41 Å². The minimum atomic E-state index is 0.363. The smallest absolute Gasteiger partial charge is 0.214 e. The highest BCUT2D eigenvalue weighted by molar-refractivity contribution is 5.83. The van der Waals surface area contributed by atoms with E-state index in [2.05, 4.69) is 21.4 Å². The summed E-state index contributed by atoms with van der Waals surface area (Å²) < 4.78 is 0. The monoisotopic (exact) mass is 434 g/mol. The summed E-state index contributed by atoms with van der Waals surface area (Å²) in [6.07, 6.45) is 6.68. The van der Waals surface area contributed by atoms with Gasteiger partial charge in [-0.25, -0.2) is 4.98 Å². The zero-order chi connectivity index (χ0) is 22.9. The summed E-state index contributed by atoms with van der Waals surface area (Å²) in [7, 11) is 0. The Balaban J connectivity index is 1.66. The van der Waals surface area contributed by atoms with Gasteiger partial charge >= 0.3 is 0 Å². The van der Waals surface area contributed by atoms with Crippen molar-refractivity contribution in [1.29, 1.82) is 5.26 Å². The Hall–Kier alpha value is -4.57. The lowest BCUT2D eigenvalue weighted by Crippen LogP contribution is -2.23. The third-order valence-electron chi connectivity index (χ3n) is 5.11. The summed E-state index contributed by atoms with van der Waals surface area (Å²) >= 11 is 0. The lowest BCUT2D eigenvalue weighted by Gasteiger charge is -2.21. The second-order valence-corrected chi connectivity index (χ2v) is 7.31. The van der Waals surface area contributed by atoms with E-state index in [0.717, 1.165) is 23.2 Å². The number of nitrogens with zero attached hydrogens (tertiary/aromatic N) is 5. The molecule has 0 spiro atoms. The Morgan fingerprint density at radius 2 is 1.88 bits per heavy atom. The van der Waals surface area contributed by atoms with E-state index in [4.69, 9.17) is 4.98 Å². The lowest BCUT2D eigenvalue weighted by molar-refractivity contribution is -0.107. The molecule has 4 aromatic rings. The van der Waals surface area contributed by atoms with E-state index in [0.29, 0.717) is 42.3 Å². The second kappa shape index (κ2) is 10.6. The van der Waals surface area contributed by atoms with Crippen molar-refractivity contribution in [2.24, 2.45) is 0 Å². The maximum atomic E-state index is 12.0. The number of hydrogen-bond acceptors (Lipinski definition) is 6. The van der Waals surface area contributed by atoms with Gasteiger partial charge in [-0.3, -0.25) is 14.8 Å². The van der Waals surface area contributed by atoms with Crippen LogP contribution in [0.25, 0.3) is 11.3 Å². The molecule has 0 fully saturated rings. The molecule has 0 saturated carbocycles. The standard InChI is InChI=1S/C26H22N6O/c27-16-21-7-1-2-9-23(21)24-10-11-25(32(19-33)18-20-6-5-13-28-17-20)26(31-24)30-15-12-22-8-3-4-14-29-22/h1-11,13-14,17,19H,12,15,18H2,(H,30,31). The fraction of sp³-hybridized carbons (Fsp3) is 0.115. The number of benzene rings is 1. The van der Waals surface area contributed by atoms with Crippen molar-refractivity contribution in [3.8, 4) is 17.3 Å². The lowest BCUT2D eigenvalue weighted by atomic mass is 10.0. The Kier molecular flexibility index (Phi) is 6.98. The van der Waals surface area contributed by atoms with Gasteiger partial charge in [0.1, 0.15) is 0 Å². The molecule has 4 rings (SSSR count). The van der Waals surface area contributed by atoms with E-state index in [1.165, 1.54) is 0 Å². The van der Waals surface area contributed by atoms with Crippen LogP contribution in [0, 0.1) is 11.3 Å². The van der Waals surface area contributed by atoms with Crippen LogP contribution in [0.5, 0.6) is 0 Å². The average Bonchev–Trinajstić information content (AvgIpc) is 2.88. The van der Waals surface area contributed by atoms with Crippen LogP contribution in [0.1, 0.15) is 16.8 Å². The van der Waals surface area contributed by atoms with Gasteiger partial charge in [-0.2, -0.15) is 5.26 Å². The fourth-order valence-corrected chi connectivity index (χ4v) is 3.49. The van der Waals surface area contributed by atoms with E-state index < -0.39 is 0 Å². The quantitative estimate of drug-likeness (QED) is 0.396. The van der Waals surface area contributed by atoms with Crippen molar-refractivity contribution in [3.05, 3.63) is 102 Å². The molecule has 0 unspecified atom stereocenters. The molecule has 7 nitrogen and oxygen atoms in total. The molecule has 3 aromatic heterocycles. The molecule has 0 atom stereocenters. The van der Waals surface area contributed by atoms with Gasteiger partial charge in [-0.05, 0) is 42.0 Å². The number of carbonyl (C=O) groups excluding carboxylic acids is 1. The van der Waals surface area contributed by atoms with Gasteiger partial charge in [-0.15, -0.1) is 0 Å². The minimum absolute atomic E-state index is 0.363. The summed E-state index contributed by atoms with van der Waals surface area (Å²) in [5.41, 5.74) is 4.45. The number of amides is 1. The highest BCUT2D eigenvalue weighted by Crippen LogP contribution is 2.30. The Morgan fingerprint density at radius 3 is 2.64 bits per heavy atom. The van der Waals surface area contributed by atoms with Gasteiger partial charge in [0.25, 0.3) is 0 Å². The predicted molar refractivity (Wildman–Crippen MR) is 127 cm³/mol. The largest absolute Gasteiger partial charge is 0.368 e. The number of hydrogen-bond donors (Lipinski definition) is 1. The van der Waals surface area contributed by atoms with Crippen LogP contribution < -0.4 is 10.2 Å². The number of carbonyl (C=O) groups is 1. The summed E-state index contributed by atoms with van der Waals surface area (Å²) in [4.78, 5) is 26.9. The van der Waals surface area contributed by atoms with Crippen LogP contribution in [0.15, 0.2) is 85.3 Å². The zero-order valence-electron chi connectivity index (χ0n) is 17.9. The molecule has 1 aromatic carbocycles. The molecule has 7 heteroatoms. The normalized spacial score (nSPS) is 10.3. The number of rotatable bonds is 9. The molecule has 0 bridgehead atoms. The Morgan fingerprint density at radius 1 is 1.00 bits per heavy atom. The molecular weight excluding hydrogens is 412 g/mol. The van der Waals surface area contributed by atoms with Crippen LogP contribution in [0.3, 0.4) is 0 Å².